The van der Waals surface area contributed by atoms with E-state index in [1.54, 1.807) is 18.2 Å². The van der Waals surface area contributed by atoms with Gasteiger partial charge in [-0.2, -0.15) is 0 Å². The van der Waals surface area contributed by atoms with Gasteiger partial charge in [-0.05, 0) is 68.2 Å². The van der Waals surface area contributed by atoms with Crippen LogP contribution in [0.4, 0.5) is 5.69 Å². The summed E-state index contributed by atoms with van der Waals surface area (Å²) in [4.78, 5) is 41.5. The lowest BCUT2D eigenvalue weighted by molar-refractivity contribution is -0.123. The van der Waals surface area contributed by atoms with Gasteiger partial charge < -0.3 is 4.74 Å². The number of hydrogen-bond acceptors (Lipinski definition) is 4. The molecule has 0 aromatic heterocycles. The molecule has 0 N–H and O–H groups in total. The molecule has 1 saturated carbocycles. The Morgan fingerprint density at radius 2 is 1.26 bits per heavy atom. The quantitative estimate of drug-likeness (QED) is 0.218. The molecule has 3 aliphatic rings. The molecule has 2 amide bonds. The first-order valence-electron chi connectivity index (χ1n) is 13.5. The average Bonchev–Trinajstić information content (AvgIpc) is 3.56. The van der Waals surface area contributed by atoms with E-state index in [4.69, 9.17) is 4.74 Å². The van der Waals surface area contributed by atoms with Gasteiger partial charge in [-0.15, -0.1) is 0 Å². The second-order valence-corrected chi connectivity index (χ2v) is 10.7. The van der Waals surface area contributed by atoms with E-state index < -0.39 is 11.8 Å². The summed E-state index contributed by atoms with van der Waals surface area (Å²) < 4.78 is 5.78. The van der Waals surface area contributed by atoms with Crippen LogP contribution in [0.25, 0.3) is 5.57 Å². The summed E-state index contributed by atoms with van der Waals surface area (Å²) in [6.07, 6.45) is 4.21. The second kappa shape index (κ2) is 9.49. The SMILES string of the molecule is CCOc1ccc(C(C)=O)cc1N1C(=O)[C@@H]2[C@H](C1=O)[C@H]1C=C[C@H]2C1=C(c1ccc(C)cc1)c1ccc(C)cc1. The smallest absolute Gasteiger partial charge is 0.238 e. The number of fused-ring (bicyclic) bond motifs is 5. The number of carbonyl (C=O) groups excluding carboxylic acids is 3. The fraction of sp³-hybridized carbons (Fsp3) is 0.265. The molecule has 2 bridgehead atoms. The summed E-state index contributed by atoms with van der Waals surface area (Å²) in [6, 6.07) is 21.9. The molecule has 0 radical (unpaired) electrons. The number of imide groups is 1. The van der Waals surface area contributed by atoms with Crippen molar-refractivity contribution in [2.75, 3.05) is 11.5 Å². The average molecular weight is 518 g/mol. The Kier molecular flexibility index (Phi) is 6.10. The van der Waals surface area contributed by atoms with Gasteiger partial charge in [0.15, 0.2) is 5.78 Å². The molecule has 2 fully saturated rings. The van der Waals surface area contributed by atoms with Crippen LogP contribution in [0.1, 0.15) is 46.5 Å². The molecule has 39 heavy (non-hydrogen) atoms. The first-order chi connectivity index (χ1) is 18.8. The lowest BCUT2D eigenvalue weighted by Crippen LogP contribution is -2.34. The molecule has 3 aromatic rings. The van der Waals surface area contributed by atoms with Gasteiger partial charge >= 0.3 is 0 Å². The molecule has 0 unspecified atom stereocenters. The number of nitrogens with zero attached hydrogens (tertiary/aromatic N) is 1. The highest BCUT2D eigenvalue weighted by atomic mass is 16.5. The van der Waals surface area contributed by atoms with Crippen molar-refractivity contribution in [3.05, 3.63) is 112 Å². The summed E-state index contributed by atoms with van der Waals surface area (Å²) in [5.74, 6) is -1.48. The number of ether oxygens (including phenoxy) is 1. The number of benzene rings is 3. The van der Waals surface area contributed by atoms with Crippen molar-refractivity contribution in [1.29, 1.82) is 0 Å². The minimum absolute atomic E-state index is 0.133. The molecule has 6 rings (SSSR count). The topological polar surface area (TPSA) is 63.7 Å². The number of allylic oxidation sites excluding steroid dienone is 3. The number of ketones is 1. The normalized spacial score (nSPS) is 23.0. The Labute approximate surface area is 228 Å². The van der Waals surface area contributed by atoms with Gasteiger partial charge in [-0.1, -0.05) is 71.8 Å². The van der Waals surface area contributed by atoms with E-state index in [1.165, 1.54) is 23.0 Å². The highest BCUT2D eigenvalue weighted by Gasteiger charge is 2.62. The van der Waals surface area contributed by atoms with Crippen molar-refractivity contribution in [1.82, 2.24) is 0 Å². The van der Waals surface area contributed by atoms with E-state index in [0.29, 0.717) is 23.6 Å². The van der Waals surface area contributed by atoms with E-state index in [-0.39, 0.29) is 29.4 Å². The van der Waals surface area contributed by atoms with Crippen LogP contribution in [0.2, 0.25) is 0 Å². The lowest BCUT2D eigenvalue weighted by Gasteiger charge is -2.23. The predicted molar refractivity (Wildman–Crippen MR) is 152 cm³/mol. The molecule has 3 aromatic carbocycles. The van der Waals surface area contributed by atoms with Gasteiger partial charge in [0.05, 0.1) is 24.1 Å². The van der Waals surface area contributed by atoms with Gasteiger partial charge in [-0.3, -0.25) is 14.4 Å². The Morgan fingerprint density at radius 3 is 1.72 bits per heavy atom. The van der Waals surface area contributed by atoms with Gasteiger partial charge in [-0.25, -0.2) is 4.90 Å². The van der Waals surface area contributed by atoms with Crippen LogP contribution in [-0.4, -0.2) is 24.2 Å². The Balaban J connectivity index is 1.47. The molecule has 196 valence electrons. The zero-order valence-electron chi connectivity index (χ0n) is 22.6. The molecule has 1 heterocycles. The number of anilines is 1. The van der Waals surface area contributed by atoms with Crippen LogP contribution in [0.15, 0.2) is 84.5 Å². The van der Waals surface area contributed by atoms with Crippen molar-refractivity contribution in [2.45, 2.75) is 27.7 Å². The van der Waals surface area contributed by atoms with E-state index >= 15 is 0 Å². The predicted octanol–water partition coefficient (Wildman–Crippen LogP) is 6.33. The van der Waals surface area contributed by atoms with Crippen molar-refractivity contribution >= 4 is 28.9 Å². The van der Waals surface area contributed by atoms with Crippen LogP contribution in [0, 0.1) is 37.5 Å². The molecule has 0 spiro atoms. The van der Waals surface area contributed by atoms with Crippen LogP contribution in [0.5, 0.6) is 5.75 Å². The van der Waals surface area contributed by atoms with E-state index in [2.05, 4.69) is 74.5 Å². The number of amides is 2. The molecular weight excluding hydrogens is 486 g/mol. The zero-order chi connectivity index (χ0) is 27.4. The number of carbonyl (C=O) groups is 3. The van der Waals surface area contributed by atoms with Gasteiger partial charge in [0.2, 0.25) is 11.8 Å². The van der Waals surface area contributed by atoms with Crippen molar-refractivity contribution < 1.29 is 19.1 Å². The standard InChI is InChI=1S/C34H31NO4/c1-5-39-28-17-14-24(21(4)36)18-27(28)35-33(37)31-25-15-16-26(32(31)34(35)38)30(25)29(22-10-6-19(2)7-11-22)23-12-8-20(3)9-13-23/h6-18,25-26,31-32H,5H2,1-4H3/t25-,26-,31-,32+/m0/s1. The summed E-state index contributed by atoms with van der Waals surface area (Å²) >= 11 is 0. The largest absolute Gasteiger partial charge is 0.492 e. The highest BCUT2D eigenvalue weighted by molar-refractivity contribution is 6.24. The van der Waals surface area contributed by atoms with Gasteiger partial charge in [0.25, 0.3) is 0 Å². The number of aryl methyl sites for hydroxylation is 2. The first-order valence-corrected chi connectivity index (χ1v) is 13.5. The molecule has 5 nitrogen and oxygen atoms in total. The summed E-state index contributed by atoms with van der Waals surface area (Å²) in [6.45, 7) is 7.84. The molecular formula is C34H31NO4. The molecule has 4 atom stereocenters. The third-order valence-electron chi connectivity index (χ3n) is 8.29. The minimum atomic E-state index is -0.483. The molecule has 5 heteroatoms. The van der Waals surface area contributed by atoms with Crippen LogP contribution >= 0.6 is 0 Å². The zero-order valence-corrected chi connectivity index (χ0v) is 22.6. The van der Waals surface area contributed by atoms with E-state index in [0.717, 1.165) is 22.3 Å². The monoisotopic (exact) mass is 517 g/mol. The Morgan fingerprint density at radius 1 is 0.769 bits per heavy atom. The van der Waals surface area contributed by atoms with Gasteiger partial charge in [0.1, 0.15) is 5.75 Å². The molecule has 2 aliphatic carbocycles. The third kappa shape index (κ3) is 3.95. The summed E-state index contributed by atoms with van der Waals surface area (Å²) in [5.41, 5.74) is 7.56. The Bertz CT molecular complexity index is 1480. The van der Waals surface area contributed by atoms with Crippen molar-refractivity contribution in [3.63, 3.8) is 0 Å². The van der Waals surface area contributed by atoms with E-state index in [1.807, 2.05) is 6.92 Å². The maximum atomic E-state index is 14.1. The van der Waals surface area contributed by atoms with Crippen molar-refractivity contribution in [3.8, 4) is 5.75 Å². The molecule has 1 saturated heterocycles. The highest BCUT2D eigenvalue weighted by Crippen LogP contribution is 2.59. The van der Waals surface area contributed by atoms with E-state index in [9.17, 15) is 14.4 Å². The first kappa shape index (κ1) is 25.1. The molecule has 1 aliphatic heterocycles. The maximum Gasteiger partial charge on any atom is 0.238 e. The fourth-order valence-corrected chi connectivity index (χ4v) is 6.46. The maximum absolute atomic E-state index is 14.1. The van der Waals surface area contributed by atoms with Crippen molar-refractivity contribution in [2.24, 2.45) is 23.7 Å². The van der Waals surface area contributed by atoms with Crippen LogP contribution < -0.4 is 9.64 Å². The fourth-order valence-electron chi connectivity index (χ4n) is 6.46. The minimum Gasteiger partial charge on any atom is -0.492 e. The van der Waals surface area contributed by atoms with Crippen LogP contribution in [-0.2, 0) is 9.59 Å². The third-order valence-corrected chi connectivity index (χ3v) is 8.29. The number of Topliss-reactive ketones (excluding diaryl/α,β-unsaturated/α-hetero) is 1. The van der Waals surface area contributed by atoms with Gasteiger partial charge in [0, 0.05) is 17.4 Å². The summed E-state index contributed by atoms with van der Waals surface area (Å²) in [7, 11) is 0. The number of hydrogen-bond donors (Lipinski definition) is 0. The Hall–Kier alpha value is -4.25. The lowest BCUT2D eigenvalue weighted by atomic mass is 9.85. The van der Waals surface area contributed by atoms with Crippen LogP contribution in [0.3, 0.4) is 0 Å². The number of rotatable bonds is 6. The second-order valence-electron chi connectivity index (χ2n) is 10.7. The summed E-state index contributed by atoms with van der Waals surface area (Å²) in [5, 5.41) is 0.